The Labute approximate surface area is 180 Å². The summed E-state index contributed by atoms with van der Waals surface area (Å²) in [7, 11) is 0. The summed E-state index contributed by atoms with van der Waals surface area (Å²) in [5, 5.41) is 0. The van der Waals surface area contributed by atoms with Gasteiger partial charge in [-0.3, -0.25) is 0 Å². The minimum atomic E-state index is -0.495. The fraction of sp³-hybridized carbons (Fsp3) is 0.462. The Morgan fingerprint density at radius 2 is 1.13 bits per heavy atom. The smallest absolute Gasteiger partial charge is 0.339 e. The highest BCUT2D eigenvalue weighted by molar-refractivity contribution is 6.03. The first kappa shape index (κ1) is 23.7. The fourth-order valence-electron chi connectivity index (χ4n) is 3.30. The quantitative estimate of drug-likeness (QED) is 0.268. The van der Waals surface area contributed by atoms with Crippen LogP contribution in [0.1, 0.15) is 84.6 Å². The van der Waals surface area contributed by atoms with Crippen molar-refractivity contribution in [3.05, 3.63) is 71.3 Å². The molecule has 0 saturated heterocycles. The van der Waals surface area contributed by atoms with Crippen molar-refractivity contribution in [3.63, 3.8) is 0 Å². The van der Waals surface area contributed by atoms with Gasteiger partial charge in [-0.2, -0.15) is 0 Å². The molecule has 0 spiro atoms. The molecule has 0 radical (unpaired) electrons. The Bertz CT molecular complexity index is 755. The average molecular weight is 411 g/mol. The van der Waals surface area contributed by atoms with E-state index in [0.717, 1.165) is 18.4 Å². The molecular weight excluding hydrogens is 376 g/mol. The molecule has 0 saturated carbocycles. The summed E-state index contributed by atoms with van der Waals surface area (Å²) in [6.07, 6.45) is 10.1. The van der Waals surface area contributed by atoms with Crippen molar-refractivity contribution in [1.82, 2.24) is 0 Å². The maximum atomic E-state index is 12.5. The van der Waals surface area contributed by atoms with Gasteiger partial charge in [0.15, 0.2) is 0 Å². The predicted molar refractivity (Wildman–Crippen MR) is 120 cm³/mol. The highest BCUT2D eigenvalue weighted by Gasteiger charge is 2.18. The zero-order valence-corrected chi connectivity index (χ0v) is 18.1. The van der Waals surface area contributed by atoms with Crippen LogP contribution in [0.3, 0.4) is 0 Å². The van der Waals surface area contributed by atoms with Crippen molar-refractivity contribution < 1.29 is 19.1 Å². The zero-order chi connectivity index (χ0) is 21.4. The normalized spacial score (nSPS) is 10.6. The number of rotatable bonds is 14. The third-order valence-electron chi connectivity index (χ3n) is 5.06. The molecule has 0 fully saturated rings. The van der Waals surface area contributed by atoms with Crippen LogP contribution in [0.25, 0.3) is 0 Å². The highest BCUT2D eigenvalue weighted by Crippen LogP contribution is 2.14. The molecule has 0 atom stereocenters. The van der Waals surface area contributed by atoms with Crippen LogP contribution in [0.4, 0.5) is 0 Å². The molecule has 4 heteroatoms. The van der Waals surface area contributed by atoms with E-state index >= 15 is 0 Å². The molecule has 0 aliphatic heterocycles. The van der Waals surface area contributed by atoms with Crippen molar-refractivity contribution in [2.45, 2.75) is 64.7 Å². The lowest BCUT2D eigenvalue weighted by atomic mass is 10.1. The Hall–Kier alpha value is -2.62. The summed E-state index contributed by atoms with van der Waals surface area (Å²) in [4.78, 5) is 24.9. The molecule has 0 unspecified atom stereocenters. The van der Waals surface area contributed by atoms with Crippen LogP contribution >= 0.6 is 0 Å². The molecule has 2 aromatic rings. The number of hydrogen-bond acceptors (Lipinski definition) is 4. The average Bonchev–Trinajstić information content (AvgIpc) is 2.78. The van der Waals surface area contributed by atoms with Gasteiger partial charge in [0.25, 0.3) is 0 Å². The van der Waals surface area contributed by atoms with E-state index in [1.54, 1.807) is 24.3 Å². The molecular formula is C26H34O4. The monoisotopic (exact) mass is 410 g/mol. The number of hydrogen-bond donors (Lipinski definition) is 0. The van der Waals surface area contributed by atoms with E-state index < -0.39 is 11.9 Å². The Balaban J connectivity index is 1.72. The first-order valence-electron chi connectivity index (χ1n) is 11.2. The fourth-order valence-corrected chi connectivity index (χ4v) is 3.30. The molecule has 4 nitrogen and oxygen atoms in total. The van der Waals surface area contributed by atoms with Crippen LogP contribution in [0, 0.1) is 0 Å². The lowest BCUT2D eigenvalue weighted by Gasteiger charge is -2.10. The van der Waals surface area contributed by atoms with Crippen molar-refractivity contribution in [3.8, 4) is 0 Å². The van der Waals surface area contributed by atoms with Gasteiger partial charge in [-0.25, -0.2) is 9.59 Å². The first-order chi connectivity index (χ1) is 14.7. The van der Waals surface area contributed by atoms with Gasteiger partial charge in [-0.1, -0.05) is 94.3 Å². The van der Waals surface area contributed by atoms with Crippen molar-refractivity contribution in [2.24, 2.45) is 0 Å². The van der Waals surface area contributed by atoms with E-state index in [1.807, 2.05) is 30.3 Å². The number of ether oxygens (including phenoxy) is 2. The van der Waals surface area contributed by atoms with Gasteiger partial charge < -0.3 is 9.47 Å². The number of carbonyl (C=O) groups excluding carboxylic acids is 2. The molecule has 30 heavy (non-hydrogen) atoms. The molecule has 0 N–H and O–H groups in total. The summed E-state index contributed by atoms with van der Waals surface area (Å²) in [5.41, 5.74) is 1.62. The lowest BCUT2D eigenvalue weighted by molar-refractivity contribution is 0.0455. The standard InChI is InChI=1S/C26H34O4/c1-2-3-4-5-6-7-8-14-20-29-25(27)23-17-12-13-18-24(23)26(28)30-21-19-22-15-10-9-11-16-22/h9-13,15-18H,2-8,14,19-21H2,1H3. The third-order valence-corrected chi connectivity index (χ3v) is 5.06. The molecule has 0 aromatic heterocycles. The number of esters is 2. The number of carbonyl (C=O) groups is 2. The molecule has 162 valence electrons. The Morgan fingerprint density at radius 1 is 0.633 bits per heavy atom. The lowest BCUT2D eigenvalue weighted by Crippen LogP contribution is -2.15. The topological polar surface area (TPSA) is 52.6 Å². The second kappa shape index (κ2) is 14.4. The largest absolute Gasteiger partial charge is 0.462 e. The van der Waals surface area contributed by atoms with Gasteiger partial charge in [0, 0.05) is 6.42 Å². The molecule has 0 amide bonds. The molecule has 2 rings (SSSR count). The predicted octanol–water partition coefficient (Wildman–Crippen LogP) is 6.38. The van der Waals surface area contributed by atoms with Gasteiger partial charge in [0.2, 0.25) is 0 Å². The zero-order valence-electron chi connectivity index (χ0n) is 18.1. The maximum absolute atomic E-state index is 12.5. The number of benzene rings is 2. The van der Waals surface area contributed by atoms with E-state index in [9.17, 15) is 9.59 Å². The van der Waals surface area contributed by atoms with Crippen LogP contribution in [-0.2, 0) is 15.9 Å². The van der Waals surface area contributed by atoms with Gasteiger partial charge >= 0.3 is 11.9 Å². The van der Waals surface area contributed by atoms with Crippen molar-refractivity contribution in [1.29, 1.82) is 0 Å². The second-order valence-corrected chi connectivity index (χ2v) is 7.53. The molecule has 0 aliphatic carbocycles. The summed E-state index contributed by atoms with van der Waals surface area (Å²) in [6, 6.07) is 16.5. The Kier molecular flexibility index (Phi) is 11.3. The van der Waals surface area contributed by atoms with Crippen molar-refractivity contribution in [2.75, 3.05) is 13.2 Å². The Morgan fingerprint density at radius 3 is 1.73 bits per heavy atom. The summed E-state index contributed by atoms with van der Waals surface area (Å²) >= 11 is 0. The molecule has 0 heterocycles. The summed E-state index contributed by atoms with van der Waals surface area (Å²) in [6.45, 7) is 2.87. The number of unbranched alkanes of at least 4 members (excludes halogenated alkanes) is 7. The van der Waals surface area contributed by atoms with E-state index in [1.165, 1.54) is 38.5 Å². The van der Waals surface area contributed by atoms with Gasteiger partial charge in [-0.15, -0.1) is 0 Å². The van der Waals surface area contributed by atoms with Crippen molar-refractivity contribution >= 4 is 11.9 Å². The minimum absolute atomic E-state index is 0.256. The van der Waals surface area contributed by atoms with E-state index in [0.29, 0.717) is 13.0 Å². The van der Waals surface area contributed by atoms with Crippen LogP contribution in [0.15, 0.2) is 54.6 Å². The summed E-state index contributed by atoms with van der Waals surface area (Å²) in [5.74, 6) is -0.959. The minimum Gasteiger partial charge on any atom is -0.462 e. The van der Waals surface area contributed by atoms with Gasteiger partial charge in [-0.05, 0) is 24.1 Å². The van der Waals surface area contributed by atoms with Crippen LogP contribution in [0.5, 0.6) is 0 Å². The van der Waals surface area contributed by atoms with Crippen LogP contribution in [0.2, 0.25) is 0 Å². The molecule has 0 bridgehead atoms. The van der Waals surface area contributed by atoms with E-state index in [-0.39, 0.29) is 17.7 Å². The SMILES string of the molecule is CCCCCCCCCCOC(=O)c1ccccc1C(=O)OCCc1ccccc1. The maximum Gasteiger partial charge on any atom is 0.339 e. The summed E-state index contributed by atoms with van der Waals surface area (Å²) < 4.78 is 10.8. The van der Waals surface area contributed by atoms with Crippen LogP contribution in [-0.4, -0.2) is 25.2 Å². The second-order valence-electron chi connectivity index (χ2n) is 7.53. The molecule has 2 aromatic carbocycles. The first-order valence-corrected chi connectivity index (χ1v) is 11.2. The van der Waals surface area contributed by atoms with E-state index in [2.05, 4.69) is 6.92 Å². The van der Waals surface area contributed by atoms with Gasteiger partial charge in [0.05, 0.1) is 24.3 Å². The highest BCUT2D eigenvalue weighted by atomic mass is 16.5. The van der Waals surface area contributed by atoms with Gasteiger partial charge in [0.1, 0.15) is 0 Å². The molecule has 0 aliphatic rings. The van der Waals surface area contributed by atoms with Crippen LogP contribution < -0.4 is 0 Å². The van der Waals surface area contributed by atoms with E-state index in [4.69, 9.17) is 9.47 Å². The third kappa shape index (κ3) is 8.81.